The van der Waals surface area contributed by atoms with Crippen molar-refractivity contribution in [2.45, 2.75) is 75.7 Å². The van der Waals surface area contributed by atoms with Crippen LogP contribution in [0.2, 0.25) is 0 Å². The third-order valence-corrected chi connectivity index (χ3v) is 9.52. The normalized spacial score (nSPS) is 17.2. The number of unbranched alkanes of at least 4 members (excludes halogenated alkanes) is 2. The molecule has 1 fully saturated rings. The van der Waals surface area contributed by atoms with Crippen LogP contribution < -0.4 is 10.6 Å². The number of aromatic nitrogens is 1. The van der Waals surface area contributed by atoms with E-state index in [1.807, 2.05) is 66.7 Å². The fourth-order valence-corrected chi connectivity index (χ4v) is 6.73. The second-order valence-corrected chi connectivity index (χ2v) is 13.2. The van der Waals surface area contributed by atoms with Gasteiger partial charge in [-0.2, -0.15) is 0 Å². The van der Waals surface area contributed by atoms with E-state index in [-0.39, 0.29) is 36.2 Å². The summed E-state index contributed by atoms with van der Waals surface area (Å²) in [6, 6.07) is 26.9. The number of rotatable bonds is 16. The van der Waals surface area contributed by atoms with Gasteiger partial charge in [0.05, 0.1) is 24.4 Å². The smallest absolute Gasteiger partial charge is 0.338 e. The van der Waals surface area contributed by atoms with Crippen molar-refractivity contribution in [1.82, 2.24) is 15.6 Å². The largest absolute Gasteiger partial charge is 0.478 e. The number of nitrogens with zero attached hydrogens (tertiary/aromatic N) is 1. The highest BCUT2D eigenvalue weighted by atomic mass is 32.2. The number of carboxylic acid groups (broad SMARTS) is 1. The lowest BCUT2D eigenvalue weighted by Crippen LogP contribution is -2.31. The molecule has 0 spiro atoms. The predicted molar refractivity (Wildman–Crippen MR) is 191 cm³/mol. The first-order chi connectivity index (χ1) is 24.3. The number of carbonyl (C=O) groups excluding carboxylic acids is 2. The van der Waals surface area contributed by atoms with Gasteiger partial charge in [-0.1, -0.05) is 67.1 Å². The molecule has 262 valence electrons. The Morgan fingerprint density at radius 1 is 0.860 bits per heavy atom. The number of thioether (sulfide) groups is 1. The van der Waals surface area contributed by atoms with Crippen LogP contribution in [-0.2, 0) is 32.2 Å². The van der Waals surface area contributed by atoms with Gasteiger partial charge in [0.2, 0.25) is 11.8 Å². The molecule has 0 radical (unpaired) electrons. The number of benzene rings is 3. The molecular formula is C39H43N3O7S. The van der Waals surface area contributed by atoms with E-state index in [9.17, 15) is 24.6 Å². The number of nitrogens with one attached hydrogen (secondary N) is 2. The number of aromatic carboxylic acids is 1. The molecule has 2 heterocycles. The van der Waals surface area contributed by atoms with E-state index in [2.05, 4.69) is 21.7 Å². The molecule has 10 nitrogen and oxygen atoms in total. The lowest BCUT2D eigenvalue weighted by Gasteiger charge is -2.36. The summed E-state index contributed by atoms with van der Waals surface area (Å²) >= 11 is 1.35. The van der Waals surface area contributed by atoms with Gasteiger partial charge in [-0.15, -0.1) is 11.8 Å². The molecule has 0 aliphatic carbocycles. The highest BCUT2D eigenvalue weighted by Gasteiger charge is 2.33. The minimum absolute atomic E-state index is 0.000902. The standard InChI is InChI=1S/C39H43N3O7S/c1-26(44)40-18-4-2-3-13-36(45)42-23-28-8-5-9-30(20-28)31-10-6-11-32(21-31)39-48-33(25-50-37-34(38(46)47)12-7-19-41-37)22-35(49-39)29-16-14-27(24-43)15-17-29/h5-12,14-17,19-21,33,35,39,43H,2-4,13,18,22-25H2,1H3,(H,40,44)(H,42,45)(H,46,47)/t33-,35+,39+/m0/s1. The van der Waals surface area contributed by atoms with Gasteiger partial charge in [-0.05, 0) is 64.9 Å². The number of aliphatic hydroxyl groups excluding tert-OH is 1. The maximum Gasteiger partial charge on any atom is 0.338 e. The van der Waals surface area contributed by atoms with Crippen LogP contribution in [0.3, 0.4) is 0 Å². The predicted octanol–water partition coefficient (Wildman–Crippen LogP) is 6.59. The number of ether oxygens (including phenoxy) is 2. The van der Waals surface area contributed by atoms with Gasteiger partial charge in [0, 0.05) is 50.4 Å². The van der Waals surface area contributed by atoms with Crippen LogP contribution in [0, 0.1) is 0 Å². The van der Waals surface area contributed by atoms with Crippen LogP contribution in [0.15, 0.2) is 96.2 Å². The molecule has 0 saturated carbocycles. The van der Waals surface area contributed by atoms with Crippen LogP contribution in [0.25, 0.3) is 11.1 Å². The second-order valence-electron chi connectivity index (χ2n) is 12.2. The van der Waals surface area contributed by atoms with Crippen LogP contribution in [-0.4, -0.2) is 51.4 Å². The summed E-state index contributed by atoms with van der Waals surface area (Å²) in [5.74, 6) is -0.587. The van der Waals surface area contributed by atoms with Gasteiger partial charge in [0.25, 0.3) is 0 Å². The highest BCUT2D eigenvalue weighted by Crippen LogP contribution is 2.40. The molecule has 1 saturated heterocycles. The minimum atomic E-state index is -1.02. The van der Waals surface area contributed by atoms with Gasteiger partial charge in [-0.25, -0.2) is 9.78 Å². The van der Waals surface area contributed by atoms with Crippen LogP contribution in [0.4, 0.5) is 0 Å². The molecule has 3 atom stereocenters. The number of hydrogen-bond acceptors (Lipinski definition) is 8. The maximum atomic E-state index is 12.4. The quantitative estimate of drug-likeness (QED) is 0.0752. The SMILES string of the molecule is CC(=O)NCCCCCC(=O)NCc1cccc(-c2cccc([C@@H]3O[C@H](CSc4ncccc4C(=O)O)C[C@H](c4ccc(CO)cc4)O3)c2)c1. The molecule has 2 amide bonds. The zero-order valence-electron chi connectivity index (χ0n) is 28.0. The summed E-state index contributed by atoms with van der Waals surface area (Å²) in [7, 11) is 0. The number of amides is 2. The van der Waals surface area contributed by atoms with Crippen molar-refractivity contribution in [3.05, 3.63) is 119 Å². The van der Waals surface area contributed by atoms with E-state index in [4.69, 9.17) is 9.47 Å². The molecule has 3 aromatic carbocycles. The average Bonchev–Trinajstić information content (AvgIpc) is 3.14. The minimum Gasteiger partial charge on any atom is -0.478 e. The van der Waals surface area contributed by atoms with Gasteiger partial charge >= 0.3 is 5.97 Å². The third kappa shape index (κ3) is 10.7. The van der Waals surface area contributed by atoms with Gasteiger partial charge in [0.1, 0.15) is 5.03 Å². The fourth-order valence-electron chi connectivity index (χ4n) is 5.73. The number of hydrogen-bond donors (Lipinski definition) is 4. The van der Waals surface area contributed by atoms with Gasteiger partial charge in [-0.3, -0.25) is 9.59 Å². The van der Waals surface area contributed by atoms with Gasteiger partial charge < -0.3 is 30.3 Å². The van der Waals surface area contributed by atoms with Crippen molar-refractivity contribution >= 4 is 29.5 Å². The molecule has 0 unspecified atom stereocenters. The molecule has 5 rings (SSSR count). The summed E-state index contributed by atoms with van der Waals surface area (Å²) in [5.41, 5.74) is 5.72. The van der Waals surface area contributed by atoms with E-state index in [0.29, 0.717) is 36.7 Å². The van der Waals surface area contributed by atoms with Crippen LogP contribution in [0.5, 0.6) is 0 Å². The zero-order valence-corrected chi connectivity index (χ0v) is 28.9. The van der Waals surface area contributed by atoms with Crippen molar-refractivity contribution < 1.29 is 34.1 Å². The third-order valence-electron chi connectivity index (χ3n) is 8.39. The van der Waals surface area contributed by atoms with Crippen molar-refractivity contribution in [3.8, 4) is 11.1 Å². The van der Waals surface area contributed by atoms with Crippen molar-refractivity contribution in [3.63, 3.8) is 0 Å². The molecule has 1 aliphatic rings. The monoisotopic (exact) mass is 697 g/mol. The Hall–Kier alpha value is -4.55. The maximum absolute atomic E-state index is 12.4. The van der Waals surface area contributed by atoms with E-state index in [1.54, 1.807) is 18.3 Å². The lowest BCUT2D eigenvalue weighted by atomic mass is 9.99. The first-order valence-electron chi connectivity index (χ1n) is 16.8. The van der Waals surface area contributed by atoms with E-state index in [1.165, 1.54) is 18.7 Å². The van der Waals surface area contributed by atoms with Crippen LogP contribution >= 0.6 is 11.8 Å². The summed E-state index contributed by atoms with van der Waals surface area (Å²) in [5, 5.41) is 25.4. The molecule has 50 heavy (non-hydrogen) atoms. The summed E-state index contributed by atoms with van der Waals surface area (Å²) in [6.07, 6.45) is 3.84. The van der Waals surface area contributed by atoms with Crippen LogP contribution in [0.1, 0.15) is 84.0 Å². The first-order valence-corrected chi connectivity index (χ1v) is 17.8. The molecule has 1 aromatic heterocycles. The Kier molecular flexibility index (Phi) is 13.5. The average molecular weight is 698 g/mol. The Morgan fingerprint density at radius 3 is 2.40 bits per heavy atom. The van der Waals surface area contributed by atoms with E-state index < -0.39 is 12.3 Å². The lowest BCUT2D eigenvalue weighted by molar-refractivity contribution is -0.245. The molecule has 11 heteroatoms. The van der Waals surface area contributed by atoms with Crippen molar-refractivity contribution in [2.75, 3.05) is 12.3 Å². The molecular weight excluding hydrogens is 655 g/mol. The number of pyridine rings is 1. The van der Waals surface area contributed by atoms with Crippen molar-refractivity contribution in [2.24, 2.45) is 0 Å². The molecule has 0 bridgehead atoms. The summed E-state index contributed by atoms with van der Waals surface area (Å²) in [4.78, 5) is 39.5. The molecule has 4 aromatic rings. The Balaban J connectivity index is 1.26. The Labute approximate surface area is 296 Å². The Morgan fingerprint density at radius 2 is 1.64 bits per heavy atom. The zero-order chi connectivity index (χ0) is 35.3. The van der Waals surface area contributed by atoms with Crippen molar-refractivity contribution in [1.29, 1.82) is 0 Å². The fraction of sp³-hybridized carbons (Fsp3) is 0.333. The molecule has 4 N–H and O–H groups in total. The number of aliphatic hydroxyl groups is 1. The topological polar surface area (TPSA) is 147 Å². The Bertz CT molecular complexity index is 1750. The van der Waals surface area contributed by atoms with E-state index in [0.717, 1.165) is 52.6 Å². The highest BCUT2D eigenvalue weighted by molar-refractivity contribution is 7.99. The summed E-state index contributed by atoms with van der Waals surface area (Å²) in [6.45, 7) is 2.50. The number of carbonyl (C=O) groups is 3. The second kappa shape index (κ2) is 18.4. The van der Waals surface area contributed by atoms with E-state index >= 15 is 0 Å². The first kappa shape index (κ1) is 36.7. The number of carboxylic acids is 1. The van der Waals surface area contributed by atoms with Gasteiger partial charge in [0.15, 0.2) is 6.29 Å². The summed E-state index contributed by atoms with van der Waals surface area (Å²) < 4.78 is 13.1. The molecule has 1 aliphatic heterocycles.